The average Bonchev–Trinajstić information content (AvgIpc) is 2.98. The van der Waals surface area contributed by atoms with Crippen molar-refractivity contribution >= 4 is 11.8 Å². The number of benzene rings is 3. The molecule has 3 aromatic carbocycles. The van der Waals surface area contributed by atoms with Gasteiger partial charge in [-0.25, -0.2) is 4.79 Å². The van der Waals surface area contributed by atoms with Crippen LogP contribution < -0.4 is 19.1 Å². The van der Waals surface area contributed by atoms with Crippen molar-refractivity contribution in [2.75, 3.05) is 39.3 Å². The maximum absolute atomic E-state index is 13.3. The van der Waals surface area contributed by atoms with Crippen LogP contribution >= 0.6 is 0 Å². The highest BCUT2D eigenvalue weighted by Crippen LogP contribution is 2.41. The molecule has 1 saturated heterocycles. The van der Waals surface area contributed by atoms with E-state index in [1.165, 1.54) is 12.1 Å². The smallest absolute Gasteiger partial charge is 0.416 e. The fourth-order valence-electron chi connectivity index (χ4n) is 5.25. The Labute approximate surface area is 251 Å². The highest BCUT2D eigenvalue weighted by molar-refractivity contribution is 5.72. The number of piperidine rings is 1. The number of hydrogen-bond donors (Lipinski definition) is 0. The van der Waals surface area contributed by atoms with E-state index < -0.39 is 17.3 Å². The van der Waals surface area contributed by atoms with Crippen LogP contribution in [-0.4, -0.2) is 57.1 Å². The topological polar surface area (TPSA) is 60.5 Å². The zero-order chi connectivity index (χ0) is 31.4. The van der Waals surface area contributed by atoms with E-state index in [2.05, 4.69) is 4.90 Å². The van der Waals surface area contributed by atoms with Crippen molar-refractivity contribution in [3.63, 3.8) is 0 Å². The monoisotopic (exact) mass is 600 g/mol. The third-order valence-electron chi connectivity index (χ3n) is 7.36. The molecule has 0 aliphatic carbocycles. The highest BCUT2D eigenvalue weighted by atomic mass is 19.4. The van der Waals surface area contributed by atoms with E-state index in [1.54, 1.807) is 26.2 Å². The van der Waals surface area contributed by atoms with Crippen LogP contribution in [0.25, 0.3) is 11.1 Å². The molecular weight excluding hydrogens is 561 g/mol. The standard InChI is InChI=1S/C33H39F3N2O5/c1-32(2,3)43-31(39)37-16-14-27(15-17-37)38(26-12-10-25(11-13-26)33(34,35)36)21-22-8-7-9-23(18-22)24-19-28(40-4)30(42-6)29(20-24)41-5/h7-13,18-20,27H,14-17,21H2,1-6H3. The van der Waals surface area contributed by atoms with Crippen LogP contribution in [0.2, 0.25) is 0 Å². The van der Waals surface area contributed by atoms with Crippen molar-refractivity contribution < 1.29 is 36.9 Å². The molecule has 0 radical (unpaired) electrons. The van der Waals surface area contributed by atoms with Crippen LogP contribution in [0.4, 0.5) is 23.7 Å². The van der Waals surface area contributed by atoms with Crippen molar-refractivity contribution in [2.45, 2.75) is 58.0 Å². The first-order valence-electron chi connectivity index (χ1n) is 14.1. The van der Waals surface area contributed by atoms with Crippen molar-refractivity contribution in [1.29, 1.82) is 0 Å². The highest BCUT2D eigenvalue weighted by Gasteiger charge is 2.32. The van der Waals surface area contributed by atoms with Crippen LogP contribution in [0.1, 0.15) is 44.7 Å². The van der Waals surface area contributed by atoms with Gasteiger partial charge in [-0.3, -0.25) is 0 Å². The summed E-state index contributed by atoms with van der Waals surface area (Å²) >= 11 is 0. The van der Waals surface area contributed by atoms with Gasteiger partial charge >= 0.3 is 12.3 Å². The lowest BCUT2D eigenvalue weighted by molar-refractivity contribution is -0.137. The van der Waals surface area contributed by atoms with Crippen LogP contribution in [-0.2, 0) is 17.5 Å². The fraction of sp³-hybridized carbons (Fsp3) is 0.424. The Morgan fingerprint density at radius 1 is 0.860 bits per heavy atom. The first-order valence-corrected chi connectivity index (χ1v) is 14.1. The second-order valence-electron chi connectivity index (χ2n) is 11.5. The Kier molecular flexibility index (Phi) is 9.67. The molecule has 10 heteroatoms. The van der Waals surface area contributed by atoms with Gasteiger partial charge < -0.3 is 28.7 Å². The van der Waals surface area contributed by atoms with E-state index in [4.69, 9.17) is 18.9 Å². The fourth-order valence-corrected chi connectivity index (χ4v) is 5.25. The van der Waals surface area contributed by atoms with Crippen molar-refractivity contribution in [3.8, 4) is 28.4 Å². The van der Waals surface area contributed by atoms with E-state index in [0.717, 1.165) is 28.8 Å². The Morgan fingerprint density at radius 2 is 1.47 bits per heavy atom. The minimum Gasteiger partial charge on any atom is -0.493 e. The van der Waals surface area contributed by atoms with Gasteiger partial charge in [-0.05, 0) is 92.8 Å². The van der Waals surface area contributed by atoms with Gasteiger partial charge in [0.05, 0.1) is 26.9 Å². The Hall–Kier alpha value is -4.08. The van der Waals surface area contributed by atoms with Gasteiger partial charge in [-0.2, -0.15) is 13.2 Å². The molecule has 1 heterocycles. The molecule has 4 rings (SSSR count). The van der Waals surface area contributed by atoms with Gasteiger partial charge in [0.2, 0.25) is 5.75 Å². The molecule has 0 spiro atoms. The molecule has 1 aliphatic rings. The summed E-state index contributed by atoms with van der Waals surface area (Å²) in [5.74, 6) is 1.56. The van der Waals surface area contributed by atoms with E-state index in [0.29, 0.717) is 55.4 Å². The molecule has 3 aromatic rings. The van der Waals surface area contributed by atoms with Crippen molar-refractivity contribution in [1.82, 2.24) is 4.90 Å². The molecular formula is C33H39F3N2O5. The van der Waals surface area contributed by atoms with E-state index in [1.807, 2.05) is 57.2 Å². The average molecular weight is 601 g/mol. The Morgan fingerprint density at radius 3 is 1.98 bits per heavy atom. The number of carbonyl (C=O) groups excluding carboxylic acids is 1. The molecule has 7 nitrogen and oxygen atoms in total. The number of hydrogen-bond acceptors (Lipinski definition) is 6. The summed E-state index contributed by atoms with van der Waals surface area (Å²) in [5, 5.41) is 0. The molecule has 0 saturated carbocycles. The second kappa shape index (κ2) is 13.1. The van der Waals surface area contributed by atoms with Gasteiger partial charge in [-0.1, -0.05) is 18.2 Å². The first kappa shape index (κ1) is 31.8. The van der Waals surface area contributed by atoms with Gasteiger partial charge in [0.15, 0.2) is 11.5 Å². The van der Waals surface area contributed by atoms with Gasteiger partial charge in [-0.15, -0.1) is 0 Å². The zero-order valence-corrected chi connectivity index (χ0v) is 25.5. The summed E-state index contributed by atoms with van der Waals surface area (Å²) in [5.41, 5.74) is 2.15. The summed E-state index contributed by atoms with van der Waals surface area (Å²) in [4.78, 5) is 16.5. The number of likely N-dealkylation sites (tertiary alicyclic amines) is 1. The van der Waals surface area contributed by atoms with Crippen molar-refractivity contribution in [2.24, 2.45) is 0 Å². The van der Waals surface area contributed by atoms with Gasteiger partial charge in [0, 0.05) is 31.4 Å². The van der Waals surface area contributed by atoms with Crippen LogP contribution in [0.5, 0.6) is 17.2 Å². The molecule has 1 fully saturated rings. The molecule has 232 valence electrons. The molecule has 0 bridgehead atoms. The maximum atomic E-state index is 13.3. The summed E-state index contributed by atoms with van der Waals surface area (Å²) in [6.45, 7) is 6.92. The number of anilines is 1. The molecule has 0 N–H and O–H groups in total. The maximum Gasteiger partial charge on any atom is 0.416 e. The van der Waals surface area contributed by atoms with E-state index in [9.17, 15) is 18.0 Å². The number of ether oxygens (including phenoxy) is 4. The minimum atomic E-state index is -4.42. The third-order valence-corrected chi connectivity index (χ3v) is 7.36. The lowest BCUT2D eigenvalue weighted by Gasteiger charge is -2.40. The van der Waals surface area contributed by atoms with Gasteiger partial charge in [0.25, 0.3) is 0 Å². The number of rotatable bonds is 8. The van der Waals surface area contributed by atoms with Gasteiger partial charge in [0.1, 0.15) is 5.60 Å². The Bertz CT molecular complexity index is 1370. The lowest BCUT2D eigenvalue weighted by Crippen LogP contribution is -2.48. The van der Waals surface area contributed by atoms with Crippen LogP contribution in [0, 0.1) is 0 Å². The predicted molar refractivity (Wildman–Crippen MR) is 160 cm³/mol. The largest absolute Gasteiger partial charge is 0.493 e. The lowest BCUT2D eigenvalue weighted by atomic mass is 9.99. The summed E-state index contributed by atoms with van der Waals surface area (Å²) in [7, 11) is 4.68. The predicted octanol–water partition coefficient (Wildman–Crippen LogP) is 7.80. The van der Waals surface area contributed by atoms with Crippen molar-refractivity contribution in [3.05, 3.63) is 71.8 Å². The zero-order valence-electron chi connectivity index (χ0n) is 25.5. The number of methoxy groups -OCH3 is 3. The molecule has 0 unspecified atom stereocenters. The molecule has 0 atom stereocenters. The molecule has 1 amide bonds. The number of nitrogens with zero attached hydrogens (tertiary/aromatic N) is 2. The Balaban J connectivity index is 1.63. The number of alkyl halides is 3. The number of halogens is 3. The number of carbonyl (C=O) groups is 1. The molecule has 0 aromatic heterocycles. The van der Waals surface area contributed by atoms with E-state index >= 15 is 0 Å². The first-order chi connectivity index (χ1) is 20.3. The summed E-state index contributed by atoms with van der Waals surface area (Å²) in [6.07, 6.45) is -3.48. The van der Waals surface area contributed by atoms with Crippen LogP contribution in [0.15, 0.2) is 60.7 Å². The molecule has 43 heavy (non-hydrogen) atoms. The SMILES string of the molecule is COc1cc(-c2cccc(CN(c3ccc(C(F)(F)F)cc3)C3CCN(C(=O)OC(C)(C)C)CC3)c2)cc(OC)c1OC. The number of amides is 1. The second-order valence-corrected chi connectivity index (χ2v) is 11.5. The van der Waals surface area contributed by atoms with E-state index in [-0.39, 0.29) is 12.1 Å². The van der Waals surface area contributed by atoms with Crippen LogP contribution in [0.3, 0.4) is 0 Å². The third kappa shape index (κ3) is 7.86. The minimum absolute atomic E-state index is 0.000235. The molecule has 1 aliphatic heterocycles. The quantitative estimate of drug-likeness (QED) is 0.263. The summed E-state index contributed by atoms with van der Waals surface area (Å²) in [6, 6.07) is 17.0. The normalized spacial score (nSPS) is 14.3. The summed E-state index contributed by atoms with van der Waals surface area (Å²) < 4.78 is 62.0.